The molecule has 0 amide bonds. The van der Waals surface area contributed by atoms with E-state index in [1.54, 1.807) is 77.9 Å². The SMILES string of the molecule is Cc1ccc(S(=O)(=O)N/N=C2/C[C@](C)(O)[C@H](C(=O)OC(C)(C)C)[C@H](c3ccc(Cl)cc3)[C@@H]2C(=O)OC(C)(C)C)cc1. The summed E-state index contributed by atoms with van der Waals surface area (Å²) >= 11 is 6.14. The fraction of sp³-hybridized carbons (Fsp3) is 0.500. The van der Waals surface area contributed by atoms with E-state index in [-0.39, 0.29) is 17.0 Å². The molecule has 0 unspecified atom stereocenters. The lowest BCUT2D eigenvalue weighted by Crippen LogP contribution is -2.56. The van der Waals surface area contributed by atoms with E-state index in [0.717, 1.165) is 5.56 Å². The molecule has 0 aliphatic heterocycles. The predicted molar refractivity (Wildman–Crippen MR) is 157 cm³/mol. The first-order valence-corrected chi connectivity index (χ1v) is 15.1. The zero-order chi connectivity index (χ0) is 31.0. The first kappa shape index (κ1) is 32.6. The number of hydrogen-bond donors (Lipinski definition) is 2. The molecule has 41 heavy (non-hydrogen) atoms. The van der Waals surface area contributed by atoms with Crippen LogP contribution in [-0.2, 0) is 29.1 Å². The van der Waals surface area contributed by atoms with Crippen molar-refractivity contribution in [3.8, 4) is 0 Å². The van der Waals surface area contributed by atoms with Gasteiger partial charge in [-0.1, -0.05) is 41.4 Å². The monoisotopic (exact) mass is 606 g/mol. The molecule has 11 heteroatoms. The molecule has 0 saturated heterocycles. The third kappa shape index (κ3) is 8.30. The molecule has 1 fully saturated rings. The number of aryl methyl sites for hydroxylation is 1. The molecular weight excluding hydrogens is 568 g/mol. The lowest BCUT2D eigenvalue weighted by atomic mass is 9.61. The lowest BCUT2D eigenvalue weighted by molar-refractivity contribution is -0.175. The fourth-order valence-electron chi connectivity index (χ4n) is 4.85. The molecule has 0 heterocycles. The summed E-state index contributed by atoms with van der Waals surface area (Å²) in [5.74, 6) is -4.93. The van der Waals surface area contributed by atoms with Crippen LogP contribution in [0.5, 0.6) is 0 Å². The Morgan fingerprint density at radius 1 is 0.951 bits per heavy atom. The number of nitrogens with one attached hydrogen (secondary N) is 1. The van der Waals surface area contributed by atoms with E-state index in [1.807, 2.05) is 6.92 Å². The van der Waals surface area contributed by atoms with Crippen LogP contribution in [0.3, 0.4) is 0 Å². The van der Waals surface area contributed by atoms with Gasteiger partial charge in [0, 0.05) is 17.4 Å². The molecule has 0 bridgehead atoms. The number of benzene rings is 2. The number of nitrogens with zero attached hydrogens (tertiary/aromatic N) is 1. The van der Waals surface area contributed by atoms with Crippen molar-refractivity contribution in [3.63, 3.8) is 0 Å². The molecule has 224 valence electrons. The van der Waals surface area contributed by atoms with Crippen molar-refractivity contribution >= 4 is 39.3 Å². The third-order valence-electron chi connectivity index (χ3n) is 6.50. The van der Waals surface area contributed by atoms with Crippen molar-refractivity contribution in [1.29, 1.82) is 0 Å². The standard InChI is InChI=1S/C30H39ClN2O7S/c1-18-9-15-21(16-10-18)41(37,38)33-32-22-17-30(8,36)25(27(35)40-29(5,6)7)23(19-11-13-20(31)14-12-19)24(22)26(34)39-28(2,3)4/h9-16,23-25,33,36H,17H2,1-8H3/b32-22-/t23-,24-,25+,30+/m1/s1. The van der Waals surface area contributed by atoms with Gasteiger partial charge in [-0.25, -0.2) is 4.83 Å². The molecule has 2 N–H and O–H groups in total. The van der Waals surface area contributed by atoms with Gasteiger partial charge in [-0.15, -0.1) is 0 Å². The van der Waals surface area contributed by atoms with E-state index >= 15 is 0 Å². The highest BCUT2D eigenvalue weighted by atomic mass is 35.5. The number of sulfonamides is 1. The highest BCUT2D eigenvalue weighted by molar-refractivity contribution is 7.89. The zero-order valence-electron chi connectivity index (χ0n) is 24.7. The van der Waals surface area contributed by atoms with Gasteiger partial charge in [0.05, 0.1) is 22.1 Å². The molecule has 4 atom stereocenters. The molecule has 9 nitrogen and oxygen atoms in total. The van der Waals surface area contributed by atoms with Crippen molar-refractivity contribution in [1.82, 2.24) is 4.83 Å². The number of ether oxygens (including phenoxy) is 2. The van der Waals surface area contributed by atoms with Crippen LogP contribution in [0, 0.1) is 18.8 Å². The normalized spacial score (nSPS) is 24.5. The van der Waals surface area contributed by atoms with Crippen LogP contribution in [0.2, 0.25) is 5.02 Å². The molecule has 2 aromatic rings. The quantitative estimate of drug-likeness (QED) is 0.344. The Kier molecular flexibility index (Phi) is 9.32. The minimum absolute atomic E-state index is 0.0136. The number of aliphatic hydroxyl groups is 1. The van der Waals surface area contributed by atoms with Gasteiger partial charge in [0.15, 0.2) is 0 Å². The minimum atomic E-state index is -4.12. The van der Waals surface area contributed by atoms with Gasteiger partial charge in [0.1, 0.15) is 17.1 Å². The topological polar surface area (TPSA) is 131 Å². The molecule has 1 saturated carbocycles. The Morgan fingerprint density at radius 3 is 1.98 bits per heavy atom. The Labute approximate surface area is 247 Å². The van der Waals surface area contributed by atoms with Gasteiger partial charge < -0.3 is 14.6 Å². The van der Waals surface area contributed by atoms with Crippen molar-refractivity contribution in [2.45, 2.75) is 89.4 Å². The summed E-state index contributed by atoms with van der Waals surface area (Å²) in [6.07, 6.45) is -0.304. The van der Waals surface area contributed by atoms with Gasteiger partial charge in [0.25, 0.3) is 10.0 Å². The van der Waals surface area contributed by atoms with Crippen LogP contribution in [0.1, 0.15) is 71.9 Å². The van der Waals surface area contributed by atoms with Crippen LogP contribution in [0.15, 0.2) is 58.5 Å². The third-order valence-corrected chi connectivity index (χ3v) is 7.98. The number of halogens is 1. The largest absolute Gasteiger partial charge is 0.460 e. The summed E-state index contributed by atoms with van der Waals surface area (Å²) in [6, 6.07) is 12.7. The van der Waals surface area contributed by atoms with Gasteiger partial charge in [0.2, 0.25) is 0 Å². The maximum Gasteiger partial charge on any atom is 0.315 e. The second-order valence-electron chi connectivity index (χ2n) is 12.6. The molecule has 1 aliphatic rings. The van der Waals surface area contributed by atoms with Crippen LogP contribution in [0.25, 0.3) is 0 Å². The molecule has 2 aromatic carbocycles. The Morgan fingerprint density at radius 2 is 1.46 bits per heavy atom. The van der Waals surface area contributed by atoms with Crippen LogP contribution < -0.4 is 4.83 Å². The molecular formula is C30H39ClN2O7S. The number of rotatable bonds is 6. The molecule has 0 spiro atoms. The van der Waals surface area contributed by atoms with E-state index in [0.29, 0.717) is 10.6 Å². The van der Waals surface area contributed by atoms with E-state index in [1.165, 1.54) is 19.1 Å². The van der Waals surface area contributed by atoms with E-state index < -0.39 is 56.5 Å². The van der Waals surface area contributed by atoms with E-state index in [4.69, 9.17) is 21.1 Å². The van der Waals surface area contributed by atoms with Gasteiger partial charge in [-0.05, 0) is 85.2 Å². The van der Waals surface area contributed by atoms with Gasteiger partial charge in [-0.2, -0.15) is 13.5 Å². The minimum Gasteiger partial charge on any atom is -0.460 e. The Bertz CT molecular complexity index is 1400. The Balaban J connectivity index is 2.21. The maximum atomic E-state index is 13.8. The predicted octanol–water partition coefficient (Wildman–Crippen LogP) is 5.14. The average molecular weight is 607 g/mol. The highest BCUT2D eigenvalue weighted by Gasteiger charge is 2.57. The molecule has 3 rings (SSSR count). The van der Waals surface area contributed by atoms with Gasteiger partial charge >= 0.3 is 11.9 Å². The summed E-state index contributed by atoms with van der Waals surface area (Å²) in [5, 5.41) is 16.3. The van der Waals surface area contributed by atoms with E-state index in [9.17, 15) is 23.1 Å². The number of esters is 2. The first-order valence-electron chi connectivity index (χ1n) is 13.3. The zero-order valence-corrected chi connectivity index (χ0v) is 26.3. The van der Waals surface area contributed by atoms with Crippen molar-refractivity contribution in [3.05, 3.63) is 64.7 Å². The summed E-state index contributed by atoms with van der Waals surface area (Å²) in [7, 11) is -4.12. The summed E-state index contributed by atoms with van der Waals surface area (Å²) in [5.41, 5.74) is -2.18. The van der Waals surface area contributed by atoms with E-state index in [2.05, 4.69) is 9.93 Å². The first-order chi connectivity index (χ1) is 18.7. The number of carbonyl (C=O) groups excluding carboxylic acids is 2. The van der Waals surface area contributed by atoms with Crippen LogP contribution >= 0.6 is 11.6 Å². The van der Waals surface area contributed by atoms with Crippen LogP contribution in [-0.4, -0.2) is 48.0 Å². The smallest absolute Gasteiger partial charge is 0.315 e. The molecule has 0 aromatic heterocycles. The lowest BCUT2D eigenvalue weighted by Gasteiger charge is -2.46. The second kappa shape index (κ2) is 11.7. The average Bonchev–Trinajstić information content (AvgIpc) is 2.80. The molecule has 1 aliphatic carbocycles. The molecule has 0 radical (unpaired) electrons. The Hall–Kier alpha value is -2.95. The van der Waals surface area contributed by atoms with Crippen molar-refractivity contribution < 1.29 is 32.6 Å². The number of hydrogen-bond acceptors (Lipinski definition) is 8. The van der Waals surface area contributed by atoms with Crippen molar-refractivity contribution in [2.24, 2.45) is 16.9 Å². The summed E-state index contributed by atoms with van der Waals surface area (Å²) in [6.45, 7) is 13.5. The summed E-state index contributed by atoms with van der Waals surface area (Å²) in [4.78, 5) is 29.7. The second-order valence-corrected chi connectivity index (χ2v) is 14.7. The van der Waals surface area contributed by atoms with Crippen LogP contribution in [0.4, 0.5) is 0 Å². The number of hydrazone groups is 1. The maximum absolute atomic E-state index is 13.8. The fourth-order valence-corrected chi connectivity index (χ4v) is 5.82. The van der Waals surface area contributed by atoms with Crippen molar-refractivity contribution in [2.75, 3.05) is 0 Å². The highest BCUT2D eigenvalue weighted by Crippen LogP contribution is 2.48. The summed E-state index contributed by atoms with van der Waals surface area (Å²) < 4.78 is 37.6. The van der Waals surface area contributed by atoms with Gasteiger partial charge in [-0.3, -0.25) is 9.59 Å². The number of carbonyl (C=O) groups is 2.